The first-order valence-corrected chi connectivity index (χ1v) is 8.59. The predicted molar refractivity (Wildman–Crippen MR) is 98.1 cm³/mol. The van der Waals surface area contributed by atoms with E-state index in [-0.39, 0.29) is 0 Å². The fourth-order valence-corrected chi connectivity index (χ4v) is 2.32. The molecule has 3 N–H and O–H groups in total. The van der Waals surface area contributed by atoms with Crippen molar-refractivity contribution < 1.29 is 19.8 Å². The lowest BCUT2D eigenvalue weighted by molar-refractivity contribution is -0.144. The van der Waals surface area contributed by atoms with Crippen LogP contribution in [0.1, 0.15) is 38.2 Å². The molecule has 0 aliphatic heterocycles. The van der Waals surface area contributed by atoms with E-state index < -0.39 is 24.0 Å². The number of unbranched alkanes of at least 4 members (excludes halogenated alkanes) is 3. The van der Waals surface area contributed by atoms with Gasteiger partial charge in [0, 0.05) is 6.08 Å². The Labute approximate surface area is 149 Å². The van der Waals surface area contributed by atoms with E-state index in [1.165, 1.54) is 18.6 Å². The molecule has 0 bridgehead atoms. The highest BCUT2D eigenvalue weighted by Crippen LogP contribution is 2.07. The number of aliphatic hydroxyl groups excluding tert-OH is 1. The Balaban J connectivity index is 2.14. The summed E-state index contributed by atoms with van der Waals surface area (Å²) in [4.78, 5) is 22.4. The quantitative estimate of drug-likeness (QED) is 0.327. The molecule has 136 valence electrons. The highest BCUT2D eigenvalue weighted by atomic mass is 16.4. The van der Waals surface area contributed by atoms with Gasteiger partial charge in [0.15, 0.2) is 6.04 Å². The van der Waals surface area contributed by atoms with Crippen LogP contribution in [0.15, 0.2) is 54.6 Å². The van der Waals surface area contributed by atoms with Gasteiger partial charge in [-0.25, -0.2) is 4.79 Å². The third-order valence-electron chi connectivity index (χ3n) is 3.72. The van der Waals surface area contributed by atoms with Crippen LogP contribution in [-0.2, 0) is 16.0 Å². The van der Waals surface area contributed by atoms with Gasteiger partial charge in [-0.3, -0.25) is 4.79 Å². The number of benzene rings is 1. The number of aryl methyl sites for hydroxylation is 1. The summed E-state index contributed by atoms with van der Waals surface area (Å²) in [6, 6.07) is 9.12. The Kier molecular flexibility index (Phi) is 9.94. The minimum absolute atomic E-state index is 0.541. The van der Waals surface area contributed by atoms with E-state index in [0.717, 1.165) is 32.1 Å². The number of rotatable bonds is 11. The normalized spacial score (nSPS) is 13.8. The van der Waals surface area contributed by atoms with Gasteiger partial charge >= 0.3 is 5.97 Å². The number of aliphatic hydroxyl groups is 1. The summed E-state index contributed by atoms with van der Waals surface area (Å²) < 4.78 is 0. The van der Waals surface area contributed by atoms with Crippen molar-refractivity contribution >= 4 is 11.9 Å². The number of hydrogen-bond donors (Lipinski definition) is 3. The van der Waals surface area contributed by atoms with E-state index in [1.54, 1.807) is 12.2 Å². The summed E-state index contributed by atoms with van der Waals surface area (Å²) >= 11 is 0. The van der Waals surface area contributed by atoms with E-state index in [2.05, 4.69) is 29.6 Å². The second kappa shape index (κ2) is 12.0. The van der Waals surface area contributed by atoms with Crippen LogP contribution in [0.25, 0.3) is 0 Å². The van der Waals surface area contributed by atoms with Crippen LogP contribution >= 0.6 is 0 Å². The number of carboxylic acid groups (broad SMARTS) is 1. The molecular formula is C20H27NO4. The molecule has 25 heavy (non-hydrogen) atoms. The molecule has 5 heteroatoms. The Bertz CT molecular complexity index is 579. The summed E-state index contributed by atoms with van der Waals surface area (Å²) in [7, 11) is 0. The monoisotopic (exact) mass is 345 g/mol. The zero-order valence-corrected chi connectivity index (χ0v) is 14.6. The number of hydrogen-bond acceptors (Lipinski definition) is 3. The Morgan fingerprint density at radius 2 is 1.84 bits per heavy atom. The van der Waals surface area contributed by atoms with Crippen molar-refractivity contribution in [1.82, 2.24) is 5.32 Å². The maximum Gasteiger partial charge on any atom is 0.328 e. The molecule has 0 spiro atoms. The number of carboxylic acids is 1. The second-order valence-electron chi connectivity index (χ2n) is 5.94. The molecule has 0 aliphatic carbocycles. The standard InChI is InChI=1S/C20H27NO4/c1-16(22)19(20(24)25)21-18(23)15-11-6-4-2-3-5-8-12-17-13-9-7-10-14-17/h4,6-7,9-11,13-16,19,22H,2-3,5,8,12H2,1H3,(H,21,23)(H,24,25)/b6-4+,15-11+. The van der Waals surface area contributed by atoms with Crippen LogP contribution in [0.3, 0.4) is 0 Å². The van der Waals surface area contributed by atoms with Crippen LogP contribution in [0.5, 0.6) is 0 Å². The number of nitrogens with one attached hydrogen (secondary N) is 1. The van der Waals surface area contributed by atoms with Gasteiger partial charge in [0.25, 0.3) is 0 Å². The molecule has 5 nitrogen and oxygen atoms in total. The van der Waals surface area contributed by atoms with Gasteiger partial charge < -0.3 is 15.5 Å². The number of allylic oxidation sites excluding steroid dienone is 3. The topological polar surface area (TPSA) is 86.6 Å². The predicted octanol–water partition coefficient (Wildman–Crippen LogP) is 2.85. The first kappa shape index (κ1) is 20.6. The molecule has 1 amide bonds. The third kappa shape index (κ3) is 9.47. The largest absolute Gasteiger partial charge is 0.480 e. The smallest absolute Gasteiger partial charge is 0.328 e. The first-order valence-electron chi connectivity index (χ1n) is 8.59. The minimum Gasteiger partial charge on any atom is -0.480 e. The Morgan fingerprint density at radius 1 is 1.12 bits per heavy atom. The van der Waals surface area contributed by atoms with E-state index in [4.69, 9.17) is 5.11 Å². The summed E-state index contributed by atoms with van der Waals surface area (Å²) in [5.41, 5.74) is 1.36. The maximum atomic E-state index is 11.6. The summed E-state index contributed by atoms with van der Waals surface area (Å²) in [6.45, 7) is 1.32. The molecule has 0 radical (unpaired) electrons. The average molecular weight is 345 g/mol. The van der Waals surface area contributed by atoms with Crippen LogP contribution in [0, 0.1) is 0 Å². The number of carbonyl (C=O) groups excluding carboxylic acids is 1. The van der Waals surface area contributed by atoms with E-state index >= 15 is 0 Å². The van der Waals surface area contributed by atoms with E-state index in [9.17, 15) is 14.7 Å². The van der Waals surface area contributed by atoms with Crippen molar-refractivity contribution in [1.29, 1.82) is 0 Å². The molecule has 0 heterocycles. The molecule has 0 saturated carbocycles. The molecule has 0 fully saturated rings. The van der Waals surface area contributed by atoms with Crippen LogP contribution in [0.2, 0.25) is 0 Å². The van der Waals surface area contributed by atoms with Crippen molar-refractivity contribution in [3.8, 4) is 0 Å². The summed E-state index contributed by atoms with van der Waals surface area (Å²) in [5, 5.41) is 20.4. The van der Waals surface area contributed by atoms with E-state index in [1.807, 2.05) is 12.1 Å². The van der Waals surface area contributed by atoms with Gasteiger partial charge in [-0.1, -0.05) is 55.0 Å². The first-order chi connectivity index (χ1) is 12.0. The molecular weight excluding hydrogens is 318 g/mol. The van der Waals surface area contributed by atoms with Crippen LogP contribution in [-0.4, -0.2) is 34.2 Å². The van der Waals surface area contributed by atoms with Gasteiger partial charge in [-0.05, 0) is 38.2 Å². The number of amides is 1. The van der Waals surface area contributed by atoms with Gasteiger partial charge in [0.2, 0.25) is 5.91 Å². The number of carbonyl (C=O) groups is 2. The maximum absolute atomic E-state index is 11.6. The molecule has 0 aromatic heterocycles. The average Bonchev–Trinajstić information content (AvgIpc) is 2.58. The molecule has 1 aromatic carbocycles. The summed E-state index contributed by atoms with van der Waals surface area (Å²) in [6.07, 6.45) is 10.9. The van der Waals surface area contributed by atoms with Gasteiger partial charge in [-0.15, -0.1) is 0 Å². The Hall–Kier alpha value is -2.40. The zero-order valence-electron chi connectivity index (χ0n) is 14.6. The highest BCUT2D eigenvalue weighted by molar-refractivity contribution is 5.91. The van der Waals surface area contributed by atoms with Crippen LogP contribution in [0.4, 0.5) is 0 Å². The summed E-state index contributed by atoms with van der Waals surface area (Å²) in [5.74, 6) is -1.80. The van der Waals surface area contributed by atoms with Crippen molar-refractivity contribution in [3.63, 3.8) is 0 Å². The van der Waals surface area contributed by atoms with Gasteiger partial charge in [0.05, 0.1) is 6.10 Å². The van der Waals surface area contributed by atoms with Crippen molar-refractivity contribution in [2.45, 2.75) is 51.2 Å². The fraction of sp³-hybridized carbons (Fsp3) is 0.400. The van der Waals surface area contributed by atoms with Crippen molar-refractivity contribution in [2.24, 2.45) is 0 Å². The second-order valence-corrected chi connectivity index (χ2v) is 5.94. The Morgan fingerprint density at radius 3 is 2.48 bits per heavy atom. The SMILES string of the molecule is CC(O)C(NC(=O)/C=C/C=C/CCCCCc1ccccc1)C(=O)O. The molecule has 0 aliphatic rings. The van der Waals surface area contributed by atoms with Gasteiger partial charge in [0.1, 0.15) is 0 Å². The molecule has 1 aromatic rings. The molecule has 1 rings (SSSR count). The van der Waals surface area contributed by atoms with Crippen LogP contribution < -0.4 is 5.32 Å². The lowest BCUT2D eigenvalue weighted by atomic mass is 10.1. The molecule has 2 unspecified atom stereocenters. The van der Waals surface area contributed by atoms with Crippen molar-refractivity contribution in [3.05, 3.63) is 60.2 Å². The van der Waals surface area contributed by atoms with Crippen molar-refractivity contribution in [2.75, 3.05) is 0 Å². The molecule has 0 saturated heterocycles. The number of aliphatic carboxylic acids is 1. The van der Waals surface area contributed by atoms with Gasteiger partial charge in [-0.2, -0.15) is 0 Å². The van der Waals surface area contributed by atoms with E-state index in [0.29, 0.717) is 0 Å². The zero-order chi connectivity index (χ0) is 18.5. The lowest BCUT2D eigenvalue weighted by Gasteiger charge is -2.15. The third-order valence-corrected chi connectivity index (χ3v) is 3.72. The fourth-order valence-electron chi connectivity index (χ4n) is 2.32. The molecule has 2 atom stereocenters. The lowest BCUT2D eigenvalue weighted by Crippen LogP contribution is -2.47. The minimum atomic E-state index is -1.30. The highest BCUT2D eigenvalue weighted by Gasteiger charge is 2.23.